The van der Waals surface area contributed by atoms with E-state index >= 15 is 0 Å². The normalized spacial score (nSPS) is 15.6. The van der Waals surface area contributed by atoms with Crippen molar-refractivity contribution in [1.29, 1.82) is 0 Å². The summed E-state index contributed by atoms with van der Waals surface area (Å²) >= 11 is 0. The summed E-state index contributed by atoms with van der Waals surface area (Å²) in [5.74, 6) is -3.96. The van der Waals surface area contributed by atoms with Crippen molar-refractivity contribution in [3.63, 3.8) is 0 Å². The quantitative estimate of drug-likeness (QED) is 0.700. The lowest BCUT2D eigenvalue weighted by Gasteiger charge is -2.25. The van der Waals surface area contributed by atoms with Crippen LogP contribution in [-0.4, -0.2) is 37.0 Å². The van der Waals surface area contributed by atoms with E-state index in [1.54, 1.807) is 6.92 Å². The molecule has 0 amide bonds. The summed E-state index contributed by atoms with van der Waals surface area (Å²) in [6.07, 6.45) is -3.62. The van der Waals surface area contributed by atoms with Crippen molar-refractivity contribution < 1.29 is 17.6 Å². The second-order valence-electron chi connectivity index (χ2n) is 4.97. The smallest absolute Gasteiger partial charge is 0.311 e. The Morgan fingerprint density at radius 1 is 1.12 bits per heavy atom. The van der Waals surface area contributed by atoms with Crippen LogP contribution in [-0.2, 0) is 0 Å². The van der Waals surface area contributed by atoms with Gasteiger partial charge in [-0.2, -0.15) is 8.78 Å². The number of nitrogens with one attached hydrogen (secondary N) is 2. The molecule has 0 saturated carbocycles. The third kappa shape index (κ3) is 7.00. The average molecular weight is 244 g/mol. The van der Waals surface area contributed by atoms with Crippen LogP contribution < -0.4 is 10.6 Å². The SMILES string of the molecule is CC(CNC(C)(C)C)NCC(F)(F)C(F)F. The van der Waals surface area contributed by atoms with Crippen molar-refractivity contribution in [2.45, 2.75) is 51.6 Å². The monoisotopic (exact) mass is 244 g/mol. The maximum atomic E-state index is 12.5. The number of rotatable bonds is 6. The van der Waals surface area contributed by atoms with Gasteiger partial charge >= 0.3 is 12.3 Å². The molecule has 98 valence electrons. The van der Waals surface area contributed by atoms with Gasteiger partial charge in [-0.1, -0.05) is 0 Å². The van der Waals surface area contributed by atoms with Crippen molar-refractivity contribution in [3.05, 3.63) is 0 Å². The average Bonchev–Trinajstić information content (AvgIpc) is 2.10. The molecule has 0 fully saturated rings. The van der Waals surface area contributed by atoms with Gasteiger partial charge in [-0.3, -0.25) is 0 Å². The van der Waals surface area contributed by atoms with Gasteiger partial charge in [0.15, 0.2) is 0 Å². The van der Waals surface area contributed by atoms with E-state index in [0.29, 0.717) is 6.54 Å². The van der Waals surface area contributed by atoms with Crippen LogP contribution in [0.5, 0.6) is 0 Å². The van der Waals surface area contributed by atoms with Crippen LogP contribution in [0.25, 0.3) is 0 Å². The Bertz CT molecular complexity index is 201. The number of hydrogen-bond donors (Lipinski definition) is 2. The number of hydrogen-bond acceptors (Lipinski definition) is 2. The van der Waals surface area contributed by atoms with E-state index in [4.69, 9.17) is 0 Å². The highest BCUT2D eigenvalue weighted by atomic mass is 19.3. The predicted molar refractivity (Wildman–Crippen MR) is 56.2 cm³/mol. The molecule has 6 heteroatoms. The lowest BCUT2D eigenvalue weighted by molar-refractivity contribution is -0.126. The van der Waals surface area contributed by atoms with E-state index in [0.717, 1.165) is 0 Å². The summed E-state index contributed by atoms with van der Waals surface area (Å²) < 4.78 is 48.8. The highest BCUT2D eigenvalue weighted by Gasteiger charge is 2.40. The largest absolute Gasteiger partial charge is 0.319 e. The fourth-order valence-corrected chi connectivity index (χ4v) is 0.919. The van der Waals surface area contributed by atoms with Crippen LogP contribution in [0, 0.1) is 0 Å². The van der Waals surface area contributed by atoms with Crippen molar-refractivity contribution in [1.82, 2.24) is 10.6 Å². The van der Waals surface area contributed by atoms with E-state index in [-0.39, 0.29) is 11.6 Å². The number of alkyl halides is 4. The Balaban J connectivity index is 3.86. The molecule has 0 aliphatic rings. The van der Waals surface area contributed by atoms with Gasteiger partial charge in [0, 0.05) is 18.1 Å². The van der Waals surface area contributed by atoms with Crippen molar-refractivity contribution in [3.8, 4) is 0 Å². The standard InChI is InChI=1S/C10H20F4N2/c1-7(5-16-9(2,3)4)15-6-10(13,14)8(11)12/h7-8,15-16H,5-6H2,1-4H3. The Kier molecular flexibility index (Phi) is 5.69. The number of halogens is 4. The molecule has 2 N–H and O–H groups in total. The van der Waals surface area contributed by atoms with E-state index in [1.165, 1.54) is 0 Å². The van der Waals surface area contributed by atoms with E-state index in [2.05, 4.69) is 10.6 Å². The maximum Gasteiger partial charge on any atom is 0.319 e. The lowest BCUT2D eigenvalue weighted by Crippen LogP contribution is -2.48. The van der Waals surface area contributed by atoms with E-state index < -0.39 is 18.9 Å². The molecule has 0 saturated heterocycles. The van der Waals surface area contributed by atoms with Gasteiger partial charge in [-0.25, -0.2) is 8.78 Å². The van der Waals surface area contributed by atoms with Gasteiger partial charge in [0.05, 0.1) is 6.54 Å². The minimum absolute atomic E-state index is 0.124. The highest BCUT2D eigenvalue weighted by Crippen LogP contribution is 2.21. The predicted octanol–water partition coefficient (Wildman–Crippen LogP) is 2.25. The molecule has 1 unspecified atom stereocenters. The molecule has 2 nitrogen and oxygen atoms in total. The zero-order chi connectivity index (χ0) is 13.0. The molecule has 0 rings (SSSR count). The van der Waals surface area contributed by atoms with Crippen molar-refractivity contribution in [2.75, 3.05) is 13.1 Å². The molecule has 0 radical (unpaired) electrons. The van der Waals surface area contributed by atoms with Crippen LogP contribution in [0.4, 0.5) is 17.6 Å². The van der Waals surface area contributed by atoms with Crippen LogP contribution >= 0.6 is 0 Å². The molecule has 0 bridgehead atoms. The van der Waals surface area contributed by atoms with Crippen molar-refractivity contribution >= 4 is 0 Å². The maximum absolute atomic E-state index is 12.5. The van der Waals surface area contributed by atoms with Crippen LogP contribution in [0.1, 0.15) is 27.7 Å². The van der Waals surface area contributed by atoms with E-state index in [1.807, 2.05) is 20.8 Å². The molecule has 0 spiro atoms. The van der Waals surface area contributed by atoms with Gasteiger partial charge in [-0.05, 0) is 27.7 Å². The Labute approximate surface area is 93.8 Å². The summed E-state index contributed by atoms with van der Waals surface area (Å²) in [5, 5.41) is 5.48. The molecule has 0 heterocycles. The summed E-state index contributed by atoms with van der Waals surface area (Å²) in [5.41, 5.74) is -0.124. The van der Waals surface area contributed by atoms with Crippen LogP contribution in [0.15, 0.2) is 0 Å². The molecule has 0 aromatic carbocycles. The van der Waals surface area contributed by atoms with Gasteiger partial charge in [0.25, 0.3) is 0 Å². The molecule has 16 heavy (non-hydrogen) atoms. The fourth-order valence-electron chi connectivity index (χ4n) is 0.919. The minimum Gasteiger partial charge on any atom is -0.311 e. The third-order valence-electron chi connectivity index (χ3n) is 1.94. The van der Waals surface area contributed by atoms with E-state index in [9.17, 15) is 17.6 Å². The highest BCUT2D eigenvalue weighted by molar-refractivity contribution is 4.78. The summed E-state index contributed by atoms with van der Waals surface area (Å²) in [6, 6.07) is -0.288. The van der Waals surface area contributed by atoms with Gasteiger partial charge < -0.3 is 10.6 Å². The van der Waals surface area contributed by atoms with Crippen LogP contribution in [0.3, 0.4) is 0 Å². The summed E-state index contributed by atoms with van der Waals surface area (Å²) in [7, 11) is 0. The Hall–Kier alpha value is -0.360. The van der Waals surface area contributed by atoms with Gasteiger partial charge in [0.1, 0.15) is 0 Å². The first-order valence-electron chi connectivity index (χ1n) is 5.19. The summed E-state index contributed by atoms with van der Waals surface area (Å²) in [6.45, 7) is 6.93. The minimum atomic E-state index is -3.96. The Morgan fingerprint density at radius 3 is 2.00 bits per heavy atom. The van der Waals surface area contributed by atoms with Crippen molar-refractivity contribution in [2.24, 2.45) is 0 Å². The second kappa shape index (κ2) is 5.82. The topological polar surface area (TPSA) is 24.1 Å². The zero-order valence-electron chi connectivity index (χ0n) is 10.1. The molecule has 0 aliphatic heterocycles. The third-order valence-corrected chi connectivity index (χ3v) is 1.94. The lowest BCUT2D eigenvalue weighted by atomic mass is 10.1. The molecular weight excluding hydrogens is 224 g/mol. The first-order valence-corrected chi connectivity index (χ1v) is 5.19. The molecule has 0 aromatic heterocycles. The fraction of sp³-hybridized carbons (Fsp3) is 1.00. The Morgan fingerprint density at radius 2 is 1.62 bits per heavy atom. The second-order valence-corrected chi connectivity index (χ2v) is 4.97. The molecule has 1 atom stereocenters. The molecule has 0 aromatic rings. The molecule has 0 aliphatic carbocycles. The summed E-state index contributed by atoms with van der Waals surface area (Å²) in [4.78, 5) is 0. The van der Waals surface area contributed by atoms with Crippen LogP contribution in [0.2, 0.25) is 0 Å². The van der Waals surface area contributed by atoms with Gasteiger partial charge in [-0.15, -0.1) is 0 Å². The van der Waals surface area contributed by atoms with Gasteiger partial charge in [0.2, 0.25) is 0 Å². The zero-order valence-corrected chi connectivity index (χ0v) is 10.1. The first kappa shape index (κ1) is 15.6. The molecular formula is C10H20F4N2. The first-order chi connectivity index (χ1) is 7.04.